The van der Waals surface area contributed by atoms with Gasteiger partial charge in [-0.1, -0.05) is 26.0 Å². The molecule has 0 saturated carbocycles. The zero-order valence-electron chi connectivity index (χ0n) is 16.9. The summed E-state index contributed by atoms with van der Waals surface area (Å²) in [6.45, 7) is 8.12. The Balaban J connectivity index is 1.81. The van der Waals surface area contributed by atoms with Gasteiger partial charge in [0, 0.05) is 23.4 Å². The van der Waals surface area contributed by atoms with Crippen LogP contribution in [-0.4, -0.2) is 42.1 Å². The minimum atomic E-state index is -0.303. The molecule has 2 unspecified atom stereocenters. The van der Waals surface area contributed by atoms with Crippen molar-refractivity contribution in [1.29, 1.82) is 0 Å². The van der Waals surface area contributed by atoms with E-state index in [-0.39, 0.29) is 36.1 Å². The highest BCUT2D eigenvalue weighted by Crippen LogP contribution is 2.23. The van der Waals surface area contributed by atoms with Crippen LogP contribution >= 0.6 is 0 Å². The molecule has 0 radical (unpaired) electrons. The molecule has 28 heavy (non-hydrogen) atoms. The Kier molecular flexibility index (Phi) is 4.69. The second-order valence-corrected chi connectivity index (χ2v) is 8.17. The summed E-state index contributed by atoms with van der Waals surface area (Å²) in [7, 11) is 0. The predicted octanol–water partition coefficient (Wildman–Crippen LogP) is 2.96. The Morgan fingerprint density at radius 3 is 2.54 bits per heavy atom. The second-order valence-electron chi connectivity index (χ2n) is 8.17. The molecule has 1 aliphatic heterocycles. The topological polar surface area (TPSA) is 72.5 Å². The minimum Gasteiger partial charge on any atom is -0.336 e. The highest BCUT2D eigenvalue weighted by atomic mass is 16.2. The van der Waals surface area contributed by atoms with Crippen molar-refractivity contribution < 1.29 is 4.79 Å². The van der Waals surface area contributed by atoms with E-state index in [0.29, 0.717) is 11.5 Å². The van der Waals surface area contributed by atoms with E-state index in [1.807, 2.05) is 43.0 Å². The Bertz CT molecular complexity index is 1090. The highest BCUT2D eigenvalue weighted by Gasteiger charge is 2.30. The van der Waals surface area contributed by atoms with Crippen molar-refractivity contribution in [3.05, 3.63) is 40.6 Å². The maximum atomic E-state index is 13.1. The van der Waals surface area contributed by atoms with E-state index in [4.69, 9.17) is 0 Å². The van der Waals surface area contributed by atoms with Crippen LogP contribution in [0.5, 0.6) is 0 Å². The molecular formula is C21H27N5O2. The number of rotatable bonds is 3. The first-order valence-electron chi connectivity index (χ1n) is 10.1. The number of para-hydroxylation sites is 1. The summed E-state index contributed by atoms with van der Waals surface area (Å²) < 4.78 is 2.86. The molecule has 1 fully saturated rings. The summed E-state index contributed by atoms with van der Waals surface area (Å²) in [6.07, 6.45) is 3.14. The molecule has 1 aromatic carbocycles. The molecular weight excluding hydrogens is 354 g/mol. The lowest BCUT2D eigenvalue weighted by atomic mass is 9.97. The van der Waals surface area contributed by atoms with Crippen LogP contribution in [-0.2, 0) is 11.3 Å². The van der Waals surface area contributed by atoms with Crippen LogP contribution in [0.15, 0.2) is 29.1 Å². The molecule has 1 saturated heterocycles. The van der Waals surface area contributed by atoms with Gasteiger partial charge in [-0.15, -0.1) is 5.10 Å². The van der Waals surface area contributed by atoms with Gasteiger partial charge in [-0.25, -0.2) is 18.9 Å². The first-order valence-corrected chi connectivity index (χ1v) is 10.1. The van der Waals surface area contributed by atoms with Crippen LogP contribution < -0.4 is 5.69 Å². The molecule has 7 heteroatoms. The highest BCUT2D eigenvalue weighted by molar-refractivity contribution is 5.91. The van der Waals surface area contributed by atoms with Crippen LogP contribution in [0.25, 0.3) is 16.6 Å². The predicted molar refractivity (Wildman–Crippen MR) is 108 cm³/mol. The van der Waals surface area contributed by atoms with E-state index < -0.39 is 0 Å². The van der Waals surface area contributed by atoms with Gasteiger partial charge in [0.15, 0.2) is 5.65 Å². The number of hydrogen-bond donors (Lipinski definition) is 0. The fraction of sp³-hybridized carbons (Fsp3) is 0.524. The van der Waals surface area contributed by atoms with Crippen molar-refractivity contribution in [2.24, 2.45) is 0 Å². The smallest absolute Gasteiger partial charge is 0.336 e. The summed E-state index contributed by atoms with van der Waals surface area (Å²) in [5, 5.41) is 5.36. The molecule has 4 rings (SSSR count). The van der Waals surface area contributed by atoms with E-state index in [9.17, 15) is 9.59 Å². The van der Waals surface area contributed by atoms with Gasteiger partial charge in [0.25, 0.3) is 0 Å². The molecule has 0 bridgehead atoms. The summed E-state index contributed by atoms with van der Waals surface area (Å²) in [5.41, 5.74) is 1.06. The lowest BCUT2D eigenvalue weighted by Crippen LogP contribution is -2.49. The zero-order chi connectivity index (χ0) is 20.0. The maximum Gasteiger partial charge on any atom is 0.352 e. The average Bonchev–Trinajstić information content (AvgIpc) is 2.97. The Morgan fingerprint density at radius 1 is 1.18 bits per heavy atom. The third-order valence-electron chi connectivity index (χ3n) is 5.73. The fourth-order valence-electron chi connectivity index (χ4n) is 4.34. The quantitative estimate of drug-likeness (QED) is 0.699. The number of fused-ring (bicyclic) bond motifs is 3. The van der Waals surface area contributed by atoms with E-state index in [0.717, 1.165) is 30.2 Å². The Labute approximate surface area is 164 Å². The number of carbonyl (C=O) groups excluding carboxylic acids is 1. The minimum absolute atomic E-state index is 0.0406. The van der Waals surface area contributed by atoms with Gasteiger partial charge in [-0.05, 0) is 45.2 Å². The van der Waals surface area contributed by atoms with Crippen molar-refractivity contribution in [3.8, 4) is 0 Å². The van der Waals surface area contributed by atoms with Gasteiger partial charge >= 0.3 is 5.69 Å². The standard InChI is InChI=1S/C21H27N5O2/c1-13(2)19-22-17-11-6-5-10-16(17)20-23-24(21(28)26(19)20)12-18(27)25-14(3)8-7-9-15(25)4/h5-6,10-11,13-15H,7-9,12H2,1-4H3. The van der Waals surface area contributed by atoms with Crippen molar-refractivity contribution >= 4 is 22.5 Å². The number of amides is 1. The second kappa shape index (κ2) is 7.04. The molecule has 7 nitrogen and oxygen atoms in total. The van der Waals surface area contributed by atoms with E-state index >= 15 is 0 Å². The number of benzene rings is 1. The number of carbonyl (C=O) groups is 1. The monoisotopic (exact) mass is 381 g/mol. The summed E-state index contributed by atoms with van der Waals surface area (Å²) in [5.74, 6) is 0.672. The number of piperidine rings is 1. The molecule has 3 aromatic rings. The lowest BCUT2D eigenvalue weighted by Gasteiger charge is -2.39. The number of likely N-dealkylation sites (tertiary alicyclic amines) is 1. The molecule has 0 N–H and O–H groups in total. The van der Waals surface area contributed by atoms with E-state index in [1.54, 1.807) is 4.40 Å². The van der Waals surface area contributed by atoms with Crippen LogP contribution in [0.2, 0.25) is 0 Å². The molecule has 1 aliphatic rings. The molecule has 2 aromatic heterocycles. The number of nitrogens with zero attached hydrogens (tertiary/aromatic N) is 5. The molecule has 148 valence electrons. The van der Waals surface area contributed by atoms with Gasteiger partial charge in [0.05, 0.1) is 5.52 Å². The number of aromatic nitrogens is 4. The molecule has 1 amide bonds. The van der Waals surface area contributed by atoms with Crippen molar-refractivity contribution in [3.63, 3.8) is 0 Å². The van der Waals surface area contributed by atoms with Gasteiger partial charge in [-0.3, -0.25) is 4.79 Å². The maximum absolute atomic E-state index is 13.1. The van der Waals surface area contributed by atoms with Gasteiger partial charge in [0.2, 0.25) is 5.91 Å². The lowest BCUT2D eigenvalue weighted by molar-refractivity contribution is -0.138. The van der Waals surface area contributed by atoms with E-state index in [1.165, 1.54) is 4.68 Å². The summed E-state index contributed by atoms with van der Waals surface area (Å²) >= 11 is 0. The van der Waals surface area contributed by atoms with Crippen molar-refractivity contribution in [2.45, 2.75) is 71.5 Å². The first kappa shape index (κ1) is 18.7. The molecule has 0 spiro atoms. The summed E-state index contributed by atoms with van der Waals surface area (Å²) in [6, 6.07) is 8.05. The normalized spacial score (nSPS) is 20.4. The fourth-order valence-corrected chi connectivity index (χ4v) is 4.34. The number of hydrogen-bond acceptors (Lipinski definition) is 4. The van der Waals surface area contributed by atoms with Crippen LogP contribution in [0.1, 0.15) is 58.7 Å². The van der Waals surface area contributed by atoms with Gasteiger partial charge in [0.1, 0.15) is 12.4 Å². The Morgan fingerprint density at radius 2 is 1.86 bits per heavy atom. The molecule has 2 atom stereocenters. The Hall–Kier alpha value is -2.70. The third kappa shape index (κ3) is 2.99. The van der Waals surface area contributed by atoms with Crippen LogP contribution in [0, 0.1) is 0 Å². The molecule has 0 aliphatic carbocycles. The van der Waals surface area contributed by atoms with E-state index in [2.05, 4.69) is 23.9 Å². The largest absolute Gasteiger partial charge is 0.352 e. The third-order valence-corrected chi connectivity index (χ3v) is 5.73. The summed E-state index contributed by atoms with van der Waals surface area (Å²) in [4.78, 5) is 32.7. The molecule has 3 heterocycles. The SMILES string of the molecule is CC(C)c1nc2ccccc2c2nn(CC(=O)N3C(C)CCCC3C)c(=O)n12. The zero-order valence-corrected chi connectivity index (χ0v) is 16.9. The van der Waals surface area contributed by atoms with Crippen molar-refractivity contribution in [1.82, 2.24) is 24.1 Å². The van der Waals surface area contributed by atoms with Gasteiger partial charge < -0.3 is 4.90 Å². The first-order chi connectivity index (χ1) is 13.4. The van der Waals surface area contributed by atoms with Crippen molar-refractivity contribution in [2.75, 3.05) is 0 Å². The van der Waals surface area contributed by atoms with Gasteiger partial charge in [-0.2, -0.15) is 0 Å². The van der Waals surface area contributed by atoms with Crippen LogP contribution in [0.4, 0.5) is 0 Å². The average molecular weight is 381 g/mol. The van der Waals surface area contributed by atoms with Crippen LogP contribution in [0.3, 0.4) is 0 Å².